The summed E-state index contributed by atoms with van der Waals surface area (Å²) in [6, 6.07) is 18.7. The van der Waals surface area contributed by atoms with Crippen LogP contribution in [0.5, 0.6) is 0 Å². The third kappa shape index (κ3) is 4.96. The number of amides is 1. The number of rotatable bonds is 6. The van der Waals surface area contributed by atoms with Crippen LogP contribution in [0, 0.1) is 19.8 Å². The lowest BCUT2D eigenvalue weighted by atomic mass is 10.1. The maximum atomic E-state index is 12.6. The summed E-state index contributed by atoms with van der Waals surface area (Å²) in [5, 5.41) is 5.85. The van der Waals surface area contributed by atoms with Crippen LogP contribution in [0.15, 0.2) is 54.6 Å². The zero-order chi connectivity index (χ0) is 25.2. The zero-order valence-corrected chi connectivity index (χ0v) is 21.6. The Balaban J connectivity index is 1.53. The Morgan fingerprint density at radius 3 is 2.28 bits per heavy atom. The molecule has 2 aromatic heterocycles. The number of hydrogen-bond donors (Lipinski definition) is 0. The molecule has 5 rings (SSSR count). The quantitative estimate of drug-likeness (QED) is 0.398. The van der Waals surface area contributed by atoms with Gasteiger partial charge in [-0.2, -0.15) is 5.10 Å². The maximum absolute atomic E-state index is 12.6. The summed E-state index contributed by atoms with van der Waals surface area (Å²) in [4.78, 5) is 27.0. The Hall–Kier alpha value is -3.74. The largest absolute Gasteiger partial charge is 0.352 e. The molecule has 0 bridgehead atoms. The Morgan fingerprint density at radius 2 is 1.61 bits per heavy atom. The van der Waals surface area contributed by atoms with Crippen LogP contribution in [0.1, 0.15) is 42.9 Å². The number of hydrogen-bond acceptors (Lipinski definition) is 5. The second kappa shape index (κ2) is 10.1. The summed E-state index contributed by atoms with van der Waals surface area (Å²) >= 11 is 0. The molecule has 1 aliphatic heterocycles. The Morgan fingerprint density at radius 1 is 0.917 bits per heavy atom. The van der Waals surface area contributed by atoms with Crippen molar-refractivity contribution in [2.45, 2.75) is 40.5 Å². The standard InChI is InChI=1S/C29H34N6O/c1-20(2)18-26(36)33-14-16-34(17-15-33)28-27-22(4)32-35(24-8-6-5-7-9-24)29(27)31-25(30-28)19-23-12-10-21(3)11-13-23/h5-13,20H,14-19H2,1-4H3. The van der Waals surface area contributed by atoms with E-state index in [1.165, 1.54) is 11.1 Å². The molecule has 1 amide bonds. The van der Waals surface area contributed by atoms with Gasteiger partial charge in [-0.1, -0.05) is 61.9 Å². The summed E-state index contributed by atoms with van der Waals surface area (Å²) in [6.45, 7) is 11.2. The SMILES string of the molecule is Cc1ccc(Cc2nc(N3CCN(C(=O)CC(C)C)CC3)c3c(C)nn(-c4ccccc4)c3n2)cc1. The molecule has 4 aromatic rings. The molecule has 0 atom stereocenters. The Bertz CT molecular complexity index is 1350. The second-order valence-corrected chi connectivity index (χ2v) is 10.1. The summed E-state index contributed by atoms with van der Waals surface area (Å²) in [5.74, 6) is 2.30. The van der Waals surface area contributed by atoms with Crippen LogP contribution in [0.25, 0.3) is 16.7 Å². The molecule has 186 valence electrons. The van der Waals surface area contributed by atoms with Crippen LogP contribution in [-0.2, 0) is 11.2 Å². The van der Waals surface area contributed by atoms with Crippen molar-refractivity contribution in [3.63, 3.8) is 0 Å². The van der Waals surface area contributed by atoms with Crippen molar-refractivity contribution < 1.29 is 4.79 Å². The lowest BCUT2D eigenvalue weighted by Crippen LogP contribution is -2.49. The fourth-order valence-corrected chi connectivity index (χ4v) is 4.80. The van der Waals surface area contributed by atoms with Gasteiger partial charge in [0.2, 0.25) is 5.91 Å². The normalized spacial score (nSPS) is 14.1. The number of nitrogens with zero attached hydrogens (tertiary/aromatic N) is 6. The van der Waals surface area contributed by atoms with Crippen molar-refractivity contribution in [1.82, 2.24) is 24.6 Å². The van der Waals surface area contributed by atoms with Gasteiger partial charge in [-0.25, -0.2) is 14.6 Å². The first-order valence-electron chi connectivity index (χ1n) is 12.8. The monoisotopic (exact) mass is 482 g/mol. The van der Waals surface area contributed by atoms with Gasteiger partial charge in [0.1, 0.15) is 11.6 Å². The number of anilines is 1. The molecule has 0 saturated carbocycles. The highest BCUT2D eigenvalue weighted by Gasteiger charge is 2.26. The fourth-order valence-electron chi connectivity index (χ4n) is 4.80. The lowest BCUT2D eigenvalue weighted by molar-refractivity contribution is -0.132. The number of carbonyl (C=O) groups is 1. The topological polar surface area (TPSA) is 67.2 Å². The molecule has 7 heteroatoms. The summed E-state index contributed by atoms with van der Waals surface area (Å²) < 4.78 is 1.93. The molecule has 0 radical (unpaired) electrons. The smallest absolute Gasteiger partial charge is 0.222 e. The van der Waals surface area contributed by atoms with Gasteiger partial charge >= 0.3 is 0 Å². The lowest BCUT2D eigenvalue weighted by Gasteiger charge is -2.36. The van der Waals surface area contributed by atoms with E-state index in [4.69, 9.17) is 15.1 Å². The minimum absolute atomic E-state index is 0.241. The minimum atomic E-state index is 0.241. The zero-order valence-electron chi connectivity index (χ0n) is 21.6. The molecular weight excluding hydrogens is 448 g/mol. The van der Waals surface area contributed by atoms with Gasteiger partial charge < -0.3 is 9.80 Å². The predicted molar refractivity (Wildman–Crippen MR) is 144 cm³/mol. The van der Waals surface area contributed by atoms with E-state index < -0.39 is 0 Å². The summed E-state index contributed by atoms with van der Waals surface area (Å²) in [6.07, 6.45) is 1.25. The van der Waals surface area contributed by atoms with E-state index in [1.807, 2.05) is 46.8 Å². The van der Waals surface area contributed by atoms with Crippen LogP contribution < -0.4 is 4.90 Å². The molecule has 1 fully saturated rings. The van der Waals surface area contributed by atoms with E-state index in [1.54, 1.807) is 0 Å². The van der Waals surface area contributed by atoms with Gasteiger partial charge in [0.15, 0.2) is 5.65 Å². The van der Waals surface area contributed by atoms with Crippen LogP contribution in [0.2, 0.25) is 0 Å². The van der Waals surface area contributed by atoms with Gasteiger partial charge in [0, 0.05) is 39.0 Å². The van der Waals surface area contributed by atoms with Crippen molar-refractivity contribution in [3.05, 3.63) is 77.2 Å². The van der Waals surface area contributed by atoms with Gasteiger partial charge in [0.05, 0.1) is 16.8 Å². The number of piperazine rings is 1. The minimum Gasteiger partial charge on any atom is -0.352 e. The highest BCUT2D eigenvalue weighted by molar-refractivity contribution is 5.91. The molecule has 3 heterocycles. The first-order chi connectivity index (χ1) is 17.4. The van der Waals surface area contributed by atoms with Gasteiger partial charge in [-0.15, -0.1) is 0 Å². The third-order valence-corrected chi connectivity index (χ3v) is 6.73. The van der Waals surface area contributed by atoms with E-state index in [0.29, 0.717) is 31.8 Å². The van der Waals surface area contributed by atoms with Crippen molar-refractivity contribution in [1.29, 1.82) is 0 Å². The molecule has 0 spiro atoms. The molecule has 0 N–H and O–H groups in total. The molecule has 1 saturated heterocycles. The number of aromatic nitrogens is 4. The maximum Gasteiger partial charge on any atom is 0.222 e. The van der Waals surface area contributed by atoms with E-state index in [9.17, 15) is 4.79 Å². The number of fused-ring (bicyclic) bond motifs is 1. The van der Waals surface area contributed by atoms with Crippen LogP contribution in [-0.4, -0.2) is 56.7 Å². The summed E-state index contributed by atoms with van der Waals surface area (Å²) in [7, 11) is 0. The molecule has 0 aliphatic carbocycles. The highest BCUT2D eigenvalue weighted by Crippen LogP contribution is 2.30. The molecule has 36 heavy (non-hydrogen) atoms. The van der Waals surface area contributed by atoms with Crippen LogP contribution in [0.4, 0.5) is 5.82 Å². The third-order valence-electron chi connectivity index (χ3n) is 6.73. The number of carbonyl (C=O) groups excluding carboxylic acids is 1. The predicted octanol–water partition coefficient (Wildman–Crippen LogP) is 4.72. The van der Waals surface area contributed by atoms with E-state index in [0.717, 1.165) is 47.1 Å². The van der Waals surface area contributed by atoms with Crippen molar-refractivity contribution in [2.75, 3.05) is 31.1 Å². The van der Waals surface area contributed by atoms with Crippen LogP contribution in [0.3, 0.4) is 0 Å². The van der Waals surface area contributed by atoms with E-state index in [-0.39, 0.29) is 5.91 Å². The first-order valence-corrected chi connectivity index (χ1v) is 12.8. The van der Waals surface area contributed by atoms with Gasteiger partial charge in [-0.05, 0) is 37.5 Å². The molecule has 1 aliphatic rings. The number of aryl methyl sites for hydroxylation is 2. The second-order valence-electron chi connectivity index (χ2n) is 10.1. The van der Waals surface area contributed by atoms with Crippen LogP contribution >= 0.6 is 0 Å². The van der Waals surface area contributed by atoms with Gasteiger partial charge in [0.25, 0.3) is 0 Å². The number of benzene rings is 2. The van der Waals surface area contributed by atoms with Gasteiger partial charge in [-0.3, -0.25) is 4.79 Å². The van der Waals surface area contributed by atoms with E-state index in [2.05, 4.69) is 49.9 Å². The molecule has 2 aromatic carbocycles. The molecular formula is C29H34N6O. The number of para-hydroxylation sites is 1. The Labute approximate surface area is 212 Å². The Kier molecular flexibility index (Phi) is 6.72. The van der Waals surface area contributed by atoms with Crippen molar-refractivity contribution in [2.24, 2.45) is 5.92 Å². The highest BCUT2D eigenvalue weighted by atomic mass is 16.2. The van der Waals surface area contributed by atoms with Crippen molar-refractivity contribution in [3.8, 4) is 5.69 Å². The molecule has 0 unspecified atom stereocenters. The average Bonchev–Trinajstić information content (AvgIpc) is 3.21. The summed E-state index contributed by atoms with van der Waals surface area (Å²) in [5.41, 5.74) is 5.12. The van der Waals surface area contributed by atoms with E-state index >= 15 is 0 Å². The molecule has 7 nitrogen and oxygen atoms in total. The average molecular weight is 483 g/mol. The first kappa shape index (κ1) is 24.0. The van der Waals surface area contributed by atoms with Crippen molar-refractivity contribution >= 4 is 22.8 Å². The fraction of sp³-hybridized carbons (Fsp3) is 0.379.